The van der Waals surface area contributed by atoms with Crippen molar-refractivity contribution in [2.24, 2.45) is 11.8 Å². The summed E-state index contributed by atoms with van der Waals surface area (Å²) in [7, 11) is -2.06. The minimum absolute atomic E-state index is 0.0109. The predicted octanol–water partition coefficient (Wildman–Crippen LogP) is 0.662. The Morgan fingerprint density at radius 1 is 1.27 bits per heavy atom. The monoisotopic (exact) mass is 350 g/mol. The summed E-state index contributed by atoms with van der Waals surface area (Å²) in [6.07, 6.45) is -0.629. The van der Waals surface area contributed by atoms with Crippen LogP contribution in [0.15, 0.2) is 0 Å². The van der Waals surface area contributed by atoms with Gasteiger partial charge in [-0.15, -0.1) is 0 Å². The minimum Gasteiger partial charge on any atom is -0.444 e. The molecule has 0 bridgehead atoms. The number of likely N-dealkylation sites (tertiary alicyclic amines) is 1. The van der Waals surface area contributed by atoms with Crippen molar-refractivity contribution in [2.45, 2.75) is 26.4 Å². The number of rotatable bonds is 2. The Hall–Kier alpha value is -0.960. The van der Waals surface area contributed by atoms with Gasteiger partial charge in [-0.1, -0.05) is 0 Å². The summed E-state index contributed by atoms with van der Waals surface area (Å²) in [5, 5.41) is 2.44. The van der Waals surface area contributed by atoms with Crippen molar-refractivity contribution in [1.29, 1.82) is 0 Å². The molecule has 2 atom stereocenters. The topological polar surface area (TPSA) is 92.8 Å². The Bertz CT molecular complexity index is 555. The molecule has 0 aromatic carbocycles. The van der Waals surface area contributed by atoms with E-state index in [9.17, 15) is 18.0 Å². The standard InChI is InChI=1S/C13H22N2O5S2/c1-13(2,3)20-12(17)14-4-11(16)15-5-9-7-21-22(18,19)8-10(9)6-15/h9-10H,4-8H2,1-3H3,(H,14,17)/t9-,10-/m1/s1. The minimum atomic E-state index is -3.04. The zero-order valence-electron chi connectivity index (χ0n) is 13.0. The molecule has 0 saturated carbocycles. The van der Waals surface area contributed by atoms with Gasteiger partial charge in [-0.3, -0.25) is 4.79 Å². The normalized spacial score (nSPS) is 27.1. The summed E-state index contributed by atoms with van der Waals surface area (Å²) in [5.41, 5.74) is -0.610. The molecular formula is C13H22N2O5S2. The lowest BCUT2D eigenvalue weighted by Crippen LogP contribution is -2.41. The molecule has 22 heavy (non-hydrogen) atoms. The van der Waals surface area contributed by atoms with Crippen molar-refractivity contribution in [1.82, 2.24) is 10.2 Å². The van der Waals surface area contributed by atoms with Gasteiger partial charge in [0.05, 0.1) is 5.75 Å². The van der Waals surface area contributed by atoms with E-state index in [4.69, 9.17) is 4.74 Å². The average Bonchev–Trinajstić information content (AvgIpc) is 2.75. The maximum absolute atomic E-state index is 12.1. The van der Waals surface area contributed by atoms with Gasteiger partial charge in [-0.2, -0.15) is 0 Å². The number of nitrogens with one attached hydrogen (secondary N) is 1. The molecule has 2 saturated heterocycles. The first kappa shape index (κ1) is 17.4. The third-order valence-corrected chi connectivity index (χ3v) is 7.25. The lowest BCUT2D eigenvalue weighted by Gasteiger charge is -2.22. The first-order valence-electron chi connectivity index (χ1n) is 7.17. The number of ether oxygens (including phenoxy) is 1. The highest BCUT2D eigenvalue weighted by Gasteiger charge is 2.41. The number of carbonyl (C=O) groups is 2. The molecule has 2 rings (SSSR count). The van der Waals surface area contributed by atoms with Gasteiger partial charge in [0.2, 0.25) is 14.8 Å². The summed E-state index contributed by atoms with van der Waals surface area (Å²) in [5.74, 6) is 0.695. The van der Waals surface area contributed by atoms with Crippen molar-refractivity contribution in [3.05, 3.63) is 0 Å². The molecule has 0 radical (unpaired) electrons. The van der Waals surface area contributed by atoms with Crippen LogP contribution < -0.4 is 5.32 Å². The molecule has 2 amide bonds. The molecule has 0 aromatic rings. The van der Waals surface area contributed by atoms with Gasteiger partial charge in [0, 0.05) is 18.8 Å². The molecule has 9 heteroatoms. The first-order valence-corrected chi connectivity index (χ1v) is 10.3. The number of hydrogen-bond acceptors (Lipinski definition) is 6. The largest absolute Gasteiger partial charge is 0.444 e. The molecule has 2 heterocycles. The summed E-state index contributed by atoms with van der Waals surface area (Å²) in [6, 6.07) is 0. The van der Waals surface area contributed by atoms with E-state index in [1.54, 1.807) is 25.7 Å². The van der Waals surface area contributed by atoms with Crippen molar-refractivity contribution in [3.63, 3.8) is 0 Å². The average molecular weight is 350 g/mol. The zero-order chi connectivity index (χ0) is 16.5. The Labute approximate surface area is 134 Å². The van der Waals surface area contributed by atoms with Crippen LogP contribution in [0.5, 0.6) is 0 Å². The van der Waals surface area contributed by atoms with Crippen LogP contribution in [0, 0.1) is 11.8 Å². The fourth-order valence-electron chi connectivity index (χ4n) is 2.60. The van der Waals surface area contributed by atoms with Gasteiger partial charge >= 0.3 is 6.09 Å². The third kappa shape index (κ3) is 4.77. The van der Waals surface area contributed by atoms with E-state index in [-0.39, 0.29) is 30.0 Å². The fraction of sp³-hybridized carbons (Fsp3) is 0.846. The van der Waals surface area contributed by atoms with Crippen LogP contribution >= 0.6 is 10.8 Å². The second-order valence-corrected chi connectivity index (χ2v) is 10.9. The lowest BCUT2D eigenvalue weighted by atomic mass is 10.0. The smallest absolute Gasteiger partial charge is 0.408 e. The van der Waals surface area contributed by atoms with Gasteiger partial charge in [-0.05, 0) is 43.4 Å². The highest BCUT2D eigenvalue weighted by atomic mass is 33.1. The number of carbonyl (C=O) groups excluding carboxylic acids is 2. The summed E-state index contributed by atoms with van der Waals surface area (Å²) < 4.78 is 28.3. The lowest BCUT2D eigenvalue weighted by molar-refractivity contribution is -0.129. The predicted molar refractivity (Wildman–Crippen MR) is 84.0 cm³/mol. The summed E-state index contributed by atoms with van der Waals surface area (Å²) in [4.78, 5) is 25.3. The molecule has 7 nitrogen and oxygen atoms in total. The number of amides is 2. The SMILES string of the molecule is CC(C)(C)OC(=O)NCC(=O)N1C[C@@H]2CS(=O)(=O)SC[C@H]2C1. The molecule has 2 fully saturated rings. The van der Waals surface area contributed by atoms with Crippen LogP contribution in [0.3, 0.4) is 0 Å². The number of nitrogens with zero attached hydrogens (tertiary/aromatic N) is 1. The summed E-state index contributed by atoms with van der Waals surface area (Å²) >= 11 is 0. The molecule has 1 N–H and O–H groups in total. The highest BCUT2D eigenvalue weighted by molar-refractivity contribution is 8.72. The van der Waals surface area contributed by atoms with Crippen LogP contribution in [0.4, 0.5) is 4.79 Å². The molecule has 126 valence electrons. The van der Waals surface area contributed by atoms with E-state index >= 15 is 0 Å². The Balaban J connectivity index is 1.81. The Morgan fingerprint density at radius 2 is 1.91 bits per heavy atom. The third-order valence-electron chi connectivity index (χ3n) is 3.59. The number of alkyl carbamates (subject to hydrolysis) is 1. The first-order chi connectivity index (χ1) is 10.1. The Kier molecular flexibility index (Phi) is 4.96. The van der Waals surface area contributed by atoms with Gasteiger partial charge in [0.25, 0.3) is 0 Å². The molecule has 0 aliphatic carbocycles. The molecule has 0 unspecified atom stereocenters. The number of hydrogen-bond donors (Lipinski definition) is 1. The molecule has 0 aromatic heterocycles. The highest BCUT2D eigenvalue weighted by Crippen LogP contribution is 2.36. The maximum Gasteiger partial charge on any atom is 0.408 e. The van der Waals surface area contributed by atoms with Crippen LogP contribution in [0.1, 0.15) is 20.8 Å². The van der Waals surface area contributed by atoms with Gasteiger partial charge in [0.15, 0.2) is 0 Å². The van der Waals surface area contributed by atoms with Crippen molar-refractivity contribution in [3.8, 4) is 0 Å². The van der Waals surface area contributed by atoms with E-state index in [0.29, 0.717) is 18.8 Å². The quantitative estimate of drug-likeness (QED) is 0.736. The zero-order valence-corrected chi connectivity index (χ0v) is 14.6. The molecular weight excluding hydrogens is 328 g/mol. The molecule has 0 spiro atoms. The fourth-order valence-corrected chi connectivity index (χ4v) is 6.31. The van der Waals surface area contributed by atoms with Crippen LogP contribution in [-0.2, 0) is 18.4 Å². The van der Waals surface area contributed by atoms with E-state index < -0.39 is 20.6 Å². The Morgan fingerprint density at radius 3 is 2.55 bits per heavy atom. The maximum atomic E-state index is 12.1. The number of fused-ring (bicyclic) bond motifs is 1. The van der Waals surface area contributed by atoms with E-state index in [1.807, 2.05) is 0 Å². The van der Waals surface area contributed by atoms with Crippen LogP contribution in [0.25, 0.3) is 0 Å². The van der Waals surface area contributed by atoms with Gasteiger partial charge in [-0.25, -0.2) is 13.2 Å². The van der Waals surface area contributed by atoms with Crippen molar-refractivity contribution < 1.29 is 22.7 Å². The van der Waals surface area contributed by atoms with Crippen molar-refractivity contribution >= 4 is 31.7 Å². The molecule has 2 aliphatic heterocycles. The van der Waals surface area contributed by atoms with Gasteiger partial charge in [0.1, 0.15) is 12.1 Å². The van der Waals surface area contributed by atoms with E-state index in [0.717, 1.165) is 10.8 Å². The van der Waals surface area contributed by atoms with E-state index in [1.165, 1.54) is 0 Å². The van der Waals surface area contributed by atoms with E-state index in [2.05, 4.69) is 5.32 Å². The second kappa shape index (κ2) is 6.27. The van der Waals surface area contributed by atoms with Crippen LogP contribution in [-0.4, -0.2) is 62.1 Å². The van der Waals surface area contributed by atoms with Crippen LogP contribution in [0.2, 0.25) is 0 Å². The molecule has 2 aliphatic rings. The summed E-state index contributed by atoms with van der Waals surface area (Å²) in [6.45, 7) is 6.11. The van der Waals surface area contributed by atoms with Crippen molar-refractivity contribution in [2.75, 3.05) is 31.1 Å². The van der Waals surface area contributed by atoms with Gasteiger partial charge < -0.3 is 15.0 Å². The second-order valence-electron chi connectivity index (χ2n) is 6.68.